The summed E-state index contributed by atoms with van der Waals surface area (Å²) >= 11 is 0. The molecule has 0 unspecified atom stereocenters. The first kappa shape index (κ1) is 17.2. The molecule has 1 saturated heterocycles. The van der Waals surface area contributed by atoms with Crippen LogP contribution in [0.3, 0.4) is 0 Å². The predicted molar refractivity (Wildman–Crippen MR) is 95.0 cm³/mol. The third-order valence-electron chi connectivity index (χ3n) is 4.33. The van der Waals surface area contributed by atoms with Gasteiger partial charge in [-0.3, -0.25) is 4.57 Å². The molecule has 3 aromatic rings. The molecular weight excluding hydrogens is 352 g/mol. The summed E-state index contributed by atoms with van der Waals surface area (Å²) in [7, 11) is 0. The number of ether oxygens (including phenoxy) is 1. The van der Waals surface area contributed by atoms with Crippen molar-refractivity contribution in [3.8, 4) is 0 Å². The van der Waals surface area contributed by atoms with Crippen LogP contribution in [0.1, 0.15) is 6.23 Å². The summed E-state index contributed by atoms with van der Waals surface area (Å²) in [6, 6.07) is 9.49. The van der Waals surface area contributed by atoms with Gasteiger partial charge in [-0.25, -0.2) is 15.0 Å². The molecule has 2 aromatic heterocycles. The van der Waals surface area contributed by atoms with E-state index in [1.807, 2.05) is 30.3 Å². The number of benzene rings is 1. The van der Waals surface area contributed by atoms with Gasteiger partial charge in [-0.2, -0.15) is 0 Å². The van der Waals surface area contributed by atoms with E-state index in [0.717, 1.165) is 5.69 Å². The Morgan fingerprint density at radius 1 is 1.19 bits per heavy atom. The maximum Gasteiger partial charge on any atom is 0.167 e. The highest BCUT2D eigenvalue weighted by Crippen LogP contribution is 2.32. The monoisotopic (exact) mass is 368 g/mol. The lowest BCUT2D eigenvalue weighted by Crippen LogP contribution is -2.32. The molecule has 0 bridgehead atoms. The van der Waals surface area contributed by atoms with Crippen LogP contribution in [0.25, 0.3) is 21.6 Å². The van der Waals surface area contributed by atoms with Crippen molar-refractivity contribution in [2.45, 2.75) is 24.5 Å². The highest BCUT2D eigenvalue weighted by Gasteiger charge is 2.43. The van der Waals surface area contributed by atoms with Crippen LogP contribution < -0.4 is 5.32 Å². The average Bonchev–Trinajstić information content (AvgIpc) is 3.24. The number of aliphatic hydroxyl groups is 2. The fourth-order valence-electron chi connectivity index (χ4n) is 3.01. The molecule has 3 N–H and O–H groups in total. The molecule has 0 aliphatic carbocycles. The molecule has 1 fully saturated rings. The number of nitrogens with zero attached hydrogens (tertiary/aromatic N) is 7. The van der Waals surface area contributed by atoms with E-state index in [2.05, 4.69) is 30.3 Å². The van der Waals surface area contributed by atoms with E-state index in [9.17, 15) is 10.2 Å². The first-order chi connectivity index (χ1) is 13.2. The molecule has 4 atom stereocenters. The minimum absolute atomic E-state index is 0.0896. The SMILES string of the molecule is [N-]=[N+]=NC[C@H]1O[C@@H](n2cnc3c(Nc4ccccc4)ncnc32)[C@H](O)[C@@H]1O. The number of hydrogen-bond acceptors (Lipinski definition) is 8. The van der Waals surface area contributed by atoms with Gasteiger partial charge in [-0.1, -0.05) is 23.3 Å². The fraction of sp³-hybridized carbons (Fsp3) is 0.312. The Bertz CT molecular complexity index is 988. The lowest BCUT2D eigenvalue weighted by atomic mass is 10.1. The van der Waals surface area contributed by atoms with Crippen molar-refractivity contribution in [3.05, 3.63) is 53.4 Å². The van der Waals surface area contributed by atoms with Crippen LogP contribution in [0.4, 0.5) is 11.5 Å². The number of imidazole rings is 1. The Hall–Kier alpha value is -3.24. The summed E-state index contributed by atoms with van der Waals surface area (Å²) in [4.78, 5) is 15.4. The van der Waals surface area contributed by atoms with Gasteiger partial charge in [-0.15, -0.1) is 0 Å². The van der Waals surface area contributed by atoms with Gasteiger partial charge in [0.25, 0.3) is 0 Å². The van der Waals surface area contributed by atoms with E-state index in [1.165, 1.54) is 17.2 Å². The first-order valence-corrected chi connectivity index (χ1v) is 8.21. The van der Waals surface area contributed by atoms with Crippen molar-refractivity contribution >= 4 is 22.7 Å². The molecule has 11 heteroatoms. The maximum atomic E-state index is 10.3. The molecule has 1 aliphatic heterocycles. The Kier molecular flexibility index (Phi) is 4.57. The average molecular weight is 368 g/mol. The van der Waals surface area contributed by atoms with Crippen LogP contribution in [0.5, 0.6) is 0 Å². The zero-order valence-corrected chi connectivity index (χ0v) is 14.0. The fourth-order valence-corrected chi connectivity index (χ4v) is 3.01. The Labute approximate surface area is 152 Å². The topological polar surface area (TPSA) is 154 Å². The van der Waals surface area contributed by atoms with Crippen LogP contribution in [0.2, 0.25) is 0 Å². The van der Waals surface area contributed by atoms with Crippen LogP contribution in [0.15, 0.2) is 48.1 Å². The molecule has 11 nitrogen and oxygen atoms in total. The Balaban J connectivity index is 1.66. The minimum atomic E-state index is -1.22. The molecule has 0 saturated carbocycles. The third kappa shape index (κ3) is 3.15. The summed E-state index contributed by atoms with van der Waals surface area (Å²) in [5.41, 5.74) is 10.2. The van der Waals surface area contributed by atoms with Crippen molar-refractivity contribution in [3.63, 3.8) is 0 Å². The van der Waals surface area contributed by atoms with Crippen LogP contribution in [-0.4, -0.2) is 54.6 Å². The molecule has 0 radical (unpaired) electrons. The Morgan fingerprint density at radius 3 is 2.78 bits per heavy atom. The number of fused-ring (bicyclic) bond motifs is 1. The number of nitrogens with one attached hydrogen (secondary N) is 1. The summed E-state index contributed by atoms with van der Waals surface area (Å²) in [6.07, 6.45) is -1.30. The number of rotatable bonds is 5. The number of aliphatic hydroxyl groups excluding tert-OH is 2. The van der Waals surface area contributed by atoms with Crippen LogP contribution in [0, 0.1) is 0 Å². The third-order valence-corrected chi connectivity index (χ3v) is 4.33. The molecule has 0 spiro atoms. The normalized spacial score (nSPS) is 24.7. The van der Waals surface area contributed by atoms with Gasteiger partial charge in [0, 0.05) is 10.6 Å². The Morgan fingerprint density at radius 2 is 2.00 bits per heavy atom. The lowest BCUT2D eigenvalue weighted by molar-refractivity contribution is -0.0321. The molecule has 1 aromatic carbocycles. The number of aromatic nitrogens is 4. The van der Waals surface area contributed by atoms with Crippen molar-refractivity contribution in [2.24, 2.45) is 5.11 Å². The molecule has 0 amide bonds. The maximum absolute atomic E-state index is 10.3. The highest BCUT2D eigenvalue weighted by molar-refractivity contribution is 5.85. The smallest absolute Gasteiger partial charge is 0.167 e. The van der Waals surface area contributed by atoms with Gasteiger partial charge in [0.15, 0.2) is 23.2 Å². The minimum Gasteiger partial charge on any atom is -0.388 e. The van der Waals surface area contributed by atoms with E-state index >= 15 is 0 Å². The van der Waals surface area contributed by atoms with E-state index in [-0.39, 0.29) is 6.54 Å². The van der Waals surface area contributed by atoms with Gasteiger partial charge < -0.3 is 20.3 Å². The van der Waals surface area contributed by atoms with Crippen molar-refractivity contribution in [1.29, 1.82) is 0 Å². The van der Waals surface area contributed by atoms with Crippen LogP contribution >= 0.6 is 0 Å². The van der Waals surface area contributed by atoms with E-state index in [1.54, 1.807) is 0 Å². The zero-order valence-electron chi connectivity index (χ0n) is 14.0. The summed E-state index contributed by atoms with van der Waals surface area (Å²) in [5, 5.41) is 27.1. The van der Waals surface area contributed by atoms with E-state index in [0.29, 0.717) is 17.0 Å². The van der Waals surface area contributed by atoms with Crippen molar-refractivity contribution < 1.29 is 14.9 Å². The van der Waals surface area contributed by atoms with E-state index in [4.69, 9.17) is 10.3 Å². The molecule has 3 heterocycles. The van der Waals surface area contributed by atoms with Gasteiger partial charge in [0.1, 0.15) is 18.5 Å². The highest BCUT2D eigenvalue weighted by atomic mass is 16.6. The summed E-state index contributed by atoms with van der Waals surface area (Å²) in [5.74, 6) is 0.503. The number of azide groups is 1. The second-order valence-corrected chi connectivity index (χ2v) is 6.00. The first-order valence-electron chi connectivity index (χ1n) is 8.21. The van der Waals surface area contributed by atoms with Gasteiger partial charge in [0.2, 0.25) is 0 Å². The second-order valence-electron chi connectivity index (χ2n) is 6.00. The molecule has 138 valence electrons. The molecular formula is C16H16N8O3. The number of hydrogen-bond donors (Lipinski definition) is 3. The van der Waals surface area contributed by atoms with E-state index < -0.39 is 24.5 Å². The van der Waals surface area contributed by atoms with Gasteiger partial charge >= 0.3 is 0 Å². The van der Waals surface area contributed by atoms with Gasteiger partial charge in [-0.05, 0) is 17.7 Å². The zero-order chi connectivity index (χ0) is 18.8. The lowest BCUT2D eigenvalue weighted by Gasteiger charge is -2.16. The van der Waals surface area contributed by atoms with Crippen molar-refractivity contribution in [2.75, 3.05) is 11.9 Å². The summed E-state index contributed by atoms with van der Waals surface area (Å²) in [6.45, 7) is -0.0896. The molecule has 4 rings (SSSR count). The van der Waals surface area contributed by atoms with Crippen LogP contribution in [-0.2, 0) is 4.74 Å². The largest absolute Gasteiger partial charge is 0.388 e. The second kappa shape index (κ2) is 7.17. The van der Waals surface area contributed by atoms with Crippen molar-refractivity contribution in [1.82, 2.24) is 19.5 Å². The van der Waals surface area contributed by atoms with Gasteiger partial charge in [0.05, 0.1) is 19.0 Å². The number of anilines is 2. The standard InChI is InChI=1S/C16H16N8O3/c17-23-21-6-10-12(25)13(26)16(27-10)24-8-20-11-14(18-7-19-15(11)24)22-9-4-2-1-3-5-9/h1-5,7-8,10,12-13,16,25-26H,6H2,(H,18,19,22)/t10-,12-,13-,16-/m1/s1. The predicted octanol–water partition coefficient (Wildman–Crippen LogP) is 1.50. The quantitative estimate of drug-likeness (QED) is 0.350. The molecule has 1 aliphatic rings. The molecule has 27 heavy (non-hydrogen) atoms. The summed E-state index contributed by atoms with van der Waals surface area (Å²) < 4.78 is 7.20. The number of para-hydroxylation sites is 1.